The fourth-order valence-corrected chi connectivity index (χ4v) is 2.66. The van der Waals surface area contributed by atoms with Crippen molar-refractivity contribution in [1.29, 1.82) is 0 Å². The first kappa shape index (κ1) is 8.98. The molecule has 0 spiro atoms. The Bertz CT molecular complexity index is 240. The van der Waals surface area contributed by atoms with Crippen LogP contribution in [-0.4, -0.2) is 12.3 Å². The third kappa shape index (κ3) is 1.70. The van der Waals surface area contributed by atoms with Gasteiger partial charge in [-0.1, -0.05) is 11.6 Å². The van der Waals surface area contributed by atoms with E-state index < -0.39 is 0 Å². The van der Waals surface area contributed by atoms with Gasteiger partial charge >= 0.3 is 0 Å². The Labute approximate surface area is 80.9 Å². The summed E-state index contributed by atoms with van der Waals surface area (Å²) in [6.07, 6.45) is 9.86. The number of rotatable bonds is 1. The van der Waals surface area contributed by atoms with Gasteiger partial charge in [0.05, 0.1) is 0 Å². The number of aliphatic imine (C=N–C) groups is 1. The van der Waals surface area contributed by atoms with Crippen LogP contribution in [0.5, 0.6) is 0 Å². The molecule has 2 bridgehead atoms. The van der Waals surface area contributed by atoms with Crippen LogP contribution in [0.3, 0.4) is 0 Å². The van der Waals surface area contributed by atoms with Gasteiger partial charge in [0.1, 0.15) is 0 Å². The molecule has 3 rings (SSSR count). The van der Waals surface area contributed by atoms with Gasteiger partial charge < -0.3 is 0 Å². The summed E-state index contributed by atoms with van der Waals surface area (Å²) < 4.78 is 0. The molecule has 72 valence electrons. The lowest BCUT2D eigenvalue weighted by Gasteiger charge is -2.23. The summed E-state index contributed by atoms with van der Waals surface area (Å²) in [6.45, 7) is 4.43. The number of hydrogen-bond acceptors (Lipinski definition) is 1. The van der Waals surface area contributed by atoms with Crippen LogP contribution in [0.4, 0.5) is 0 Å². The largest absolute Gasteiger partial charge is 0.294 e. The average Bonchev–Trinajstić information content (AvgIpc) is 2.49. The highest BCUT2D eigenvalue weighted by Gasteiger charge is 2.29. The normalized spacial score (nSPS) is 39.2. The minimum Gasteiger partial charge on any atom is -0.294 e. The van der Waals surface area contributed by atoms with Crippen LogP contribution in [-0.2, 0) is 0 Å². The molecule has 1 saturated carbocycles. The Morgan fingerprint density at radius 2 is 2.08 bits per heavy atom. The summed E-state index contributed by atoms with van der Waals surface area (Å²) >= 11 is 0. The Kier molecular flexibility index (Phi) is 2.52. The van der Waals surface area contributed by atoms with Crippen molar-refractivity contribution in [2.75, 3.05) is 0 Å². The first-order valence-corrected chi connectivity index (χ1v) is 5.47. The van der Waals surface area contributed by atoms with E-state index in [1.165, 1.54) is 25.7 Å². The number of nitrogens with zero attached hydrogens (tertiary/aromatic N) is 1. The molecule has 0 radical (unpaired) electrons. The molecule has 1 aliphatic carbocycles. The highest BCUT2D eigenvalue weighted by molar-refractivity contribution is 5.63. The zero-order valence-electron chi connectivity index (χ0n) is 8.66. The second kappa shape index (κ2) is 3.65. The first-order valence-electron chi connectivity index (χ1n) is 5.47. The van der Waals surface area contributed by atoms with Crippen LogP contribution < -0.4 is 0 Å². The highest BCUT2D eigenvalue weighted by Crippen LogP contribution is 2.36. The molecule has 1 heteroatoms. The maximum absolute atomic E-state index is 4.61. The lowest BCUT2D eigenvalue weighted by Crippen LogP contribution is -2.18. The van der Waals surface area contributed by atoms with Crippen LogP contribution >= 0.6 is 0 Å². The SMILES string of the molecule is C/C=C(\C)C1CCC2CCC1C=N2. The summed E-state index contributed by atoms with van der Waals surface area (Å²) in [7, 11) is 0. The van der Waals surface area contributed by atoms with Gasteiger partial charge in [-0.05, 0) is 45.4 Å². The maximum atomic E-state index is 4.61. The van der Waals surface area contributed by atoms with E-state index >= 15 is 0 Å². The molecule has 0 aromatic carbocycles. The monoisotopic (exact) mass is 177 g/mol. The smallest absolute Gasteiger partial charge is 0.0496 e. The van der Waals surface area contributed by atoms with Gasteiger partial charge in [0, 0.05) is 18.2 Å². The standard InChI is InChI=1S/C12H19N/c1-3-9(2)12-7-6-11-5-4-10(12)8-13-11/h3,8,10-12H,4-7H2,1-2H3/b9-3+. The molecule has 2 heterocycles. The topological polar surface area (TPSA) is 12.4 Å². The van der Waals surface area contributed by atoms with Gasteiger partial charge in [-0.2, -0.15) is 0 Å². The van der Waals surface area contributed by atoms with Crippen molar-refractivity contribution in [3.63, 3.8) is 0 Å². The van der Waals surface area contributed by atoms with E-state index in [1.54, 1.807) is 5.57 Å². The molecule has 3 unspecified atom stereocenters. The van der Waals surface area contributed by atoms with E-state index in [0.717, 1.165) is 11.8 Å². The van der Waals surface area contributed by atoms with Crippen molar-refractivity contribution in [3.05, 3.63) is 11.6 Å². The zero-order chi connectivity index (χ0) is 9.26. The zero-order valence-corrected chi connectivity index (χ0v) is 8.66. The number of fused-ring (bicyclic) bond motifs is 3. The van der Waals surface area contributed by atoms with Gasteiger partial charge in [0.25, 0.3) is 0 Å². The lowest BCUT2D eigenvalue weighted by atomic mass is 9.83. The highest BCUT2D eigenvalue weighted by atomic mass is 14.8. The summed E-state index contributed by atoms with van der Waals surface area (Å²) in [6, 6.07) is 0.658. The molecule has 0 aromatic rings. The van der Waals surface area contributed by atoms with Crippen molar-refractivity contribution >= 4 is 6.21 Å². The van der Waals surface area contributed by atoms with Crippen LogP contribution in [0.1, 0.15) is 39.5 Å². The van der Waals surface area contributed by atoms with E-state index in [9.17, 15) is 0 Å². The molecule has 3 aliphatic rings. The summed E-state index contributed by atoms with van der Waals surface area (Å²) in [5.41, 5.74) is 1.57. The van der Waals surface area contributed by atoms with E-state index in [4.69, 9.17) is 0 Å². The fourth-order valence-electron chi connectivity index (χ4n) is 2.66. The predicted molar refractivity (Wildman–Crippen MR) is 57.2 cm³/mol. The van der Waals surface area contributed by atoms with Gasteiger partial charge in [-0.25, -0.2) is 0 Å². The number of hydrogen-bond donors (Lipinski definition) is 0. The minimum absolute atomic E-state index is 0.658. The quantitative estimate of drug-likeness (QED) is 0.545. The molecule has 13 heavy (non-hydrogen) atoms. The van der Waals surface area contributed by atoms with E-state index in [1.807, 2.05) is 0 Å². The van der Waals surface area contributed by atoms with Crippen molar-refractivity contribution in [3.8, 4) is 0 Å². The lowest BCUT2D eigenvalue weighted by molar-refractivity contribution is 0.457. The minimum atomic E-state index is 0.658. The van der Waals surface area contributed by atoms with E-state index in [-0.39, 0.29) is 0 Å². The van der Waals surface area contributed by atoms with Gasteiger partial charge in [-0.3, -0.25) is 4.99 Å². The molecule has 0 amide bonds. The molecule has 3 atom stereocenters. The van der Waals surface area contributed by atoms with Crippen LogP contribution in [0.15, 0.2) is 16.6 Å². The molecular formula is C12H19N. The first-order chi connectivity index (χ1) is 6.31. The summed E-state index contributed by atoms with van der Waals surface area (Å²) in [5, 5.41) is 0. The van der Waals surface area contributed by atoms with Crippen molar-refractivity contribution < 1.29 is 0 Å². The second-order valence-electron chi connectivity index (χ2n) is 4.41. The van der Waals surface area contributed by atoms with E-state index in [2.05, 4.69) is 31.1 Å². The Morgan fingerprint density at radius 3 is 2.69 bits per heavy atom. The van der Waals surface area contributed by atoms with Gasteiger partial charge in [0.15, 0.2) is 0 Å². The third-order valence-corrected chi connectivity index (χ3v) is 3.69. The molecule has 1 nitrogen and oxygen atoms in total. The maximum Gasteiger partial charge on any atom is 0.0496 e. The number of allylic oxidation sites excluding steroid dienone is 2. The van der Waals surface area contributed by atoms with Crippen LogP contribution in [0.2, 0.25) is 0 Å². The van der Waals surface area contributed by atoms with Gasteiger partial charge in [0.2, 0.25) is 0 Å². The van der Waals surface area contributed by atoms with Crippen LogP contribution in [0, 0.1) is 11.8 Å². The average molecular weight is 177 g/mol. The fraction of sp³-hybridized carbons (Fsp3) is 0.750. The van der Waals surface area contributed by atoms with Crippen molar-refractivity contribution in [2.45, 2.75) is 45.6 Å². The van der Waals surface area contributed by atoms with Crippen molar-refractivity contribution in [1.82, 2.24) is 0 Å². The summed E-state index contributed by atoms with van der Waals surface area (Å²) in [5.74, 6) is 1.54. The van der Waals surface area contributed by atoms with Crippen LogP contribution in [0.25, 0.3) is 0 Å². The van der Waals surface area contributed by atoms with Crippen molar-refractivity contribution in [2.24, 2.45) is 16.8 Å². The molecule has 1 fully saturated rings. The molecular weight excluding hydrogens is 158 g/mol. The van der Waals surface area contributed by atoms with Gasteiger partial charge in [-0.15, -0.1) is 0 Å². The summed E-state index contributed by atoms with van der Waals surface area (Å²) in [4.78, 5) is 4.61. The Balaban J connectivity index is 2.17. The predicted octanol–water partition coefficient (Wildman–Crippen LogP) is 3.21. The third-order valence-electron chi connectivity index (χ3n) is 3.69. The second-order valence-corrected chi connectivity index (χ2v) is 4.41. The molecule has 0 N–H and O–H groups in total. The molecule has 0 aromatic heterocycles. The molecule has 2 aliphatic heterocycles. The molecule has 0 saturated heterocycles. The van der Waals surface area contributed by atoms with E-state index in [0.29, 0.717) is 6.04 Å². The Morgan fingerprint density at radius 1 is 1.31 bits per heavy atom. The Hall–Kier alpha value is -0.590.